The predicted molar refractivity (Wildman–Crippen MR) is 86.5 cm³/mol. The quantitative estimate of drug-likeness (QED) is 0.790. The smallest absolute Gasteiger partial charge is 0.0743 e. The molecule has 0 saturated heterocycles. The summed E-state index contributed by atoms with van der Waals surface area (Å²) in [7, 11) is 1.97. The molecule has 1 aromatic heterocycles. The topological polar surface area (TPSA) is 29.9 Å². The van der Waals surface area contributed by atoms with E-state index in [4.69, 9.17) is 0 Å². The van der Waals surface area contributed by atoms with E-state index in [0.717, 1.165) is 17.9 Å². The molecule has 3 rings (SSSR count). The molecule has 0 saturated carbocycles. The SMILES string of the molecule is CNCc1ccc(C)c(-c2ccnn2-c2ccccc2)c1. The Kier molecular flexibility index (Phi) is 3.84. The first-order valence-electron chi connectivity index (χ1n) is 7.13. The molecule has 0 amide bonds. The van der Waals surface area contributed by atoms with Gasteiger partial charge in [-0.15, -0.1) is 0 Å². The molecule has 0 unspecified atom stereocenters. The van der Waals surface area contributed by atoms with Crippen LogP contribution >= 0.6 is 0 Å². The maximum atomic E-state index is 4.48. The minimum Gasteiger partial charge on any atom is -0.316 e. The summed E-state index contributed by atoms with van der Waals surface area (Å²) in [5.74, 6) is 0. The van der Waals surface area contributed by atoms with Gasteiger partial charge in [0.2, 0.25) is 0 Å². The third-order valence-corrected chi connectivity index (χ3v) is 3.60. The van der Waals surface area contributed by atoms with Crippen LogP contribution in [0.5, 0.6) is 0 Å². The molecule has 0 aliphatic carbocycles. The van der Waals surface area contributed by atoms with E-state index in [9.17, 15) is 0 Å². The van der Waals surface area contributed by atoms with Crippen molar-refractivity contribution in [3.63, 3.8) is 0 Å². The summed E-state index contributed by atoms with van der Waals surface area (Å²) in [5.41, 5.74) is 5.96. The van der Waals surface area contributed by atoms with E-state index < -0.39 is 0 Å². The Morgan fingerprint density at radius 3 is 2.62 bits per heavy atom. The molecule has 3 nitrogen and oxygen atoms in total. The van der Waals surface area contributed by atoms with Crippen molar-refractivity contribution in [3.8, 4) is 16.9 Å². The molecular weight excluding hydrogens is 258 g/mol. The molecule has 0 spiro atoms. The van der Waals surface area contributed by atoms with Gasteiger partial charge in [0.25, 0.3) is 0 Å². The molecule has 1 N–H and O–H groups in total. The number of hydrogen-bond donors (Lipinski definition) is 1. The van der Waals surface area contributed by atoms with Crippen LogP contribution in [0.25, 0.3) is 16.9 Å². The van der Waals surface area contributed by atoms with Gasteiger partial charge in [-0.3, -0.25) is 0 Å². The van der Waals surface area contributed by atoms with E-state index in [1.54, 1.807) is 0 Å². The van der Waals surface area contributed by atoms with E-state index in [-0.39, 0.29) is 0 Å². The Balaban J connectivity index is 2.10. The van der Waals surface area contributed by atoms with Gasteiger partial charge in [0, 0.05) is 12.1 Å². The minimum atomic E-state index is 0.868. The summed E-state index contributed by atoms with van der Waals surface area (Å²) in [6.45, 7) is 3.01. The van der Waals surface area contributed by atoms with Gasteiger partial charge >= 0.3 is 0 Å². The number of nitrogens with zero attached hydrogens (tertiary/aromatic N) is 2. The van der Waals surface area contributed by atoms with Gasteiger partial charge in [0.15, 0.2) is 0 Å². The predicted octanol–water partition coefficient (Wildman–Crippen LogP) is 3.57. The van der Waals surface area contributed by atoms with Crippen molar-refractivity contribution in [1.29, 1.82) is 0 Å². The van der Waals surface area contributed by atoms with E-state index in [2.05, 4.69) is 53.7 Å². The zero-order chi connectivity index (χ0) is 14.7. The summed E-state index contributed by atoms with van der Waals surface area (Å²) < 4.78 is 1.99. The van der Waals surface area contributed by atoms with Gasteiger partial charge < -0.3 is 5.32 Å². The molecule has 0 atom stereocenters. The number of hydrogen-bond acceptors (Lipinski definition) is 2. The van der Waals surface area contributed by atoms with Gasteiger partial charge in [-0.1, -0.05) is 30.3 Å². The number of aromatic nitrogens is 2. The number of nitrogens with one attached hydrogen (secondary N) is 1. The van der Waals surface area contributed by atoms with Crippen molar-refractivity contribution in [1.82, 2.24) is 15.1 Å². The molecule has 3 aromatic rings. The lowest BCUT2D eigenvalue weighted by atomic mass is 10.0. The van der Waals surface area contributed by atoms with Gasteiger partial charge in [0.1, 0.15) is 0 Å². The molecule has 3 heteroatoms. The molecule has 1 heterocycles. The van der Waals surface area contributed by atoms with Crippen LogP contribution in [-0.2, 0) is 6.54 Å². The summed E-state index contributed by atoms with van der Waals surface area (Å²) in [6, 6.07) is 18.9. The molecule has 0 radical (unpaired) electrons. The van der Waals surface area contributed by atoms with E-state index in [0.29, 0.717) is 0 Å². The number of rotatable bonds is 4. The van der Waals surface area contributed by atoms with Crippen molar-refractivity contribution in [2.45, 2.75) is 13.5 Å². The number of para-hydroxylation sites is 1. The Bertz CT molecular complexity index is 729. The highest BCUT2D eigenvalue weighted by Crippen LogP contribution is 2.26. The summed E-state index contributed by atoms with van der Waals surface area (Å²) in [6.07, 6.45) is 1.85. The molecule has 0 aliphatic heterocycles. The van der Waals surface area contributed by atoms with Crippen molar-refractivity contribution < 1.29 is 0 Å². The van der Waals surface area contributed by atoms with Crippen LogP contribution < -0.4 is 5.32 Å². The molecule has 2 aromatic carbocycles. The fourth-order valence-corrected chi connectivity index (χ4v) is 2.54. The van der Waals surface area contributed by atoms with Crippen molar-refractivity contribution >= 4 is 0 Å². The first kappa shape index (κ1) is 13.6. The van der Waals surface area contributed by atoms with Crippen LogP contribution in [0.15, 0.2) is 60.8 Å². The highest BCUT2D eigenvalue weighted by molar-refractivity contribution is 5.66. The van der Waals surface area contributed by atoms with E-state index >= 15 is 0 Å². The second-order valence-electron chi connectivity index (χ2n) is 5.14. The standard InChI is InChI=1S/C18H19N3/c1-14-8-9-15(13-19-2)12-17(14)18-10-11-20-21(18)16-6-4-3-5-7-16/h3-12,19H,13H2,1-2H3. The lowest BCUT2D eigenvalue weighted by Crippen LogP contribution is -2.06. The highest BCUT2D eigenvalue weighted by atomic mass is 15.3. The fraction of sp³-hybridized carbons (Fsp3) is 0.167. The molecule has 0 aliphatic rings. The van der Waals surface area contributed by atoms with Crippen LogP contribution in [0.1, 0.15) is 11.1 Å². The first-order valence-corrected chi connectivity index (χ1v) is 7.13. The zero-order valence-corrected chi connectivity index (χ0v) is 12.4. The monoisotopic (exact) mass is 277 g/mol. The maximum absolute atomic E-state index is 4.48. The molecule has 106 valence electrons. The third-order valence-electron chi connectivity index (χ3n) is 3.60. The second kappa shape index (κ2) is 5.94. The normalized spacial score (nSPS) is 10.8. The Hall–Kier alpha value is -2.39. The van der Waals surface area contributed by atoms with Crippen LogP contribution in [0, 0.1) is 6.92 Å². The first-order chi connectivity index (χ1) is 10.3. The van der Waals surface area contributed by atoms with Crippen LogP contribution in [-0.4, -0.2) is 16.8 Å². The average molecular weight is 277 g/mol. The molecule has 0 bridgehead atoms. The molecular formula is C18H19N3. The van der Waals surface area contributed by atoms with E-state index in [1.165, 1.54) is 16.7 Å². The fourth-order valence-electron chi connectivity index (χ4n) is 2.54. The number of benzene rings is 2. The van der Waals surface area contributed by atoms with Gasteiger partial charge in [-0.2, -0.15) is 5.10 Å². The van der Waals surface area contributed by atoms with Crippen LogP contribution in [0.4, 0.5) is 0 Å². The Morgan fingerprint density at radius 2 is 1.86 bits per heavy atom. The van der Waals surface area contributed by atoms with Gasteiger partial charge in [-0.05, 0) is 49.4 Å². The largest absolute Gasteiger partial charge is 0.316 e. The van der Waals surface area contributed by atoms with Gasteiger partial charge in [0.05, 0.1) is 17.6 Å². The lowest BCUT2D eigenvalue weighted by molar-refractivity contribution is 0.817. The molecule has 0 fully saturated rings. The van der Waals surface area contributed by atoms with Crippen LogP contribution in [0.2, 0.25) is 0 Å². The summed E-state index contributed by atoms with van der Waals surface area (Å²) in [4.78, 5) is 0. The average Bonchev–Trinajstić information content (AvgIpc) is 3.00. The third kappa shape index (κ3) is 2.73. The number of aryl methyl sites for hydroxylation is 1. The van der Waals surface area contributed by atoms with E-state index in [1.807, 2.05) is 36.1 Å². The zero-order valence-electron chi connectivity index (χ0n) is 12.4. The van der Waals surface area contributed by atoms with Gasteiger partial charge in [-0.25, -0.2) is 4.68 Å². The summed E-state index contributed by atoms with van der Waals surface area (Å²) in [5, 5.41) is 7.68. The second-order valence-corrected chi connectivity index (χ2v) is 5.14. The van der Waals surface area contributed by atoms with Crippen molar-refractivity contribution in [2.75, 3.05) is 7.05 Å². The lowest BCUT2D eigenvalue weighted by Gasteiger charge is -2.12. The minimum absolute atomic E-state index is 0.868. The highest BCUT2D eigenvalue weighted by Gasteiger charge is 2.10. The van der Waals surface area contributed by atoms with Crippen molar-refractivity contribution in [3.05, 3.63) is 71.9 Å². The maximum Gasteiger partial charge on any atom is 0.0743 e. The Morgan fingerprint density at radius 1 is 1.05 bits per heavy atom. The van der Waals surface area contributed by atoms with Crippen LogP contribution in [0.3, 0.4) is 0 Å². The molecule has 21 heavy (non-hydrogen) atoms. The Labute approximate surface area is 125 Å². The summed E-state index contributed by atoms with van der Waals surface area (Å²) >= 11 is 0. The van der Waals surface area contributed by atoms with Crippen molar-refractivity contribution in [2.24, 2.45) is 0 Å².